The summed E-state index contributed by atoms with van der Waals surface area (Å²) in [5, 5.41) is 0.229. The number of pyridine rings is 1. The van der Waals surface area contributed by atoms with Crippen molar-refractivity contribution in [1.82, 2.24) is 4.98 Å². The molecule has 3 aromatic carbocycles. The minimum atomic E-state index is -4.57. The number of rotatable bonds is 6. The van der Waals surface area contributed by atoms with Crippen LogP contribution in [-0.4, -0.2) is 11.0 Å². The number of fused-ring (bicyclic) bond motifs is 1. The van der Waals surface area contributed by atoms with Crippen LogP contribution in [0.3, 0.4) is 0 Å². The summed E-state index contributed by atoms with van der Waals surface area (Å²) in [5.41, 5.74) is 2.29. The minimum absolute atomic E-state index is 0.0427. The van der Waals surface area contributed by atoms with Gasteiger partial charge in [-0.1, -0.05) is 67.8 Å². The molecule has 1 aromatic heterocycles. The highest BCUT2D eigenvalue weighted by Crippen LogP contribution is 2.50. The van der Waals surface area contributed by atoms with Gasteiger partial charge in [0.05, 0.1) is 21.8 Å². The summed E-state index contributed by atoms with van der Waals surface area (Å²) in [6.07, 6.45) is -2.78. The van der Waals surface area contributed by atoms with Crippen LogP contribution in [0.5, 0.6) is 0 Å². The minimum Gasteiger partial charge on any atom is -0.454 e. The number of alkyl halides is 4. The fourth-order valence-electron chi connectivity index (χ4n) is 6.71. The molecule has 0 saturated heterocycles. The van der Waals surface area contributed by atoms with Gasteiger partial charge in [-0.3, -0.25) is 4.98 Å². The van der Waals surface area contributed by atoms with Crippen LogP contribution in [0.25, 0.3) is 11.1 Å². The third-order valence-corrected chi connectivity index (χ3v) is 9.19. The van der Waals surface area contributed by atoms with E-state index in [0.717, 1.165) is 49.9 Å². The number of aromatic nitrogens is 1. The van der Waals surface area contributed by atoms with Gasteiger partial charge in [-0.2, -0.15) is 13.2 Å². The van der Waals surface area contributed by atoms with E-state index in [1.54, 1.807) is 36.4 Å². The Morgan fingerprint density at radius 1 is 0.978 bits per heavy atom. The predicted octanol–water partition coefficient (Wildman–Crippen LogP) is 10.8. The predicted molar refractivity (Wildman–Crippen MR) is 162 cm³/mol. The van der Waals surface area contributed by atoms with E-state index in [1.165, 1.54) is 12.1 Å². The van der Waals surface area contributed by atoms with Crippen molar-refractivity contribution in [3.63, 3.8) is 0 Å². The van der Waals surface area contributed by atoms with Crippen LogP contribution < -0.4 is 0 Å². The van der Waals surface area contributed by atoms with E-state index in [2.05, 4.69) is 0 Å². The summed E-state index contributed by atoms with van der Waals surface area (Å²) in [4.78, 5) is 18.5. The molecular formula is C36H31ClF5NO2. The van der Waals surface area contributed by atoms with E-state index < -0.39 is 35.8 Å². The van der Waals surface area contributed by atoms with Crippen molar-refractivity contribution in [2.24, 2.45) is 5.92 Å². The quantitative estimate of drug-likeness (QED) is 0.156. The molecule has 0 radical (unpaired) electrons. The Balaban J connectivity index is 1.58. The van der Waals surface area contributed by atoms with Gasteiger partial charge in [0, 0.05) is 22.7 Å². The van der Waals surface area contributed by atoms with Crippen molar-refractivity contribution >= 4 is 17.6 Å². The van der Waals surface area contributed by atoms with Gasteiger partial charge in [-0.05, 0) is 84.7 Å². The fraction of sp³-hybridized carbons (Fsp3) is 0.333. The lowest BCUT2D eigenvalue weighted by Crippen LogP contribution is -2.26. The zero-order chi connectivity index (χ0) is 31.9. The van der Waals surface area contributed by atoms with Crippen LogP contribution in [0.1, 0.15) is 101 Å². The van der Waals surface area contributed by atoms with Crippen LogP contribution >= 0.6 is 11.6 Å². The first-order chi connectivity index (χ1) is 21.5. The van der Waals surface area contributed by atoms with Crippen molar-refractivity contribution in [3.05, 3.63) is 123 Å². The third-order valence-electron chi connectivity index (χ3n) is 8.86. The summed E-state index contributed by atoms with van der Waals surface area (Å²) in [6.45, 7) is 2.03. The second kappa shape index (κ2) is 12.5. The first-order valence-electron chi connectivity index (χ1n) is 15.1. The van der Waals surface area contributed by atoms with Crippen LogP contribution in [0.2, 0.25) is 5.02 Å². The maximum atomic E-state index is 17.1. The van der Waals surface area contributed by atoms with Crippen LogP contribution in [-0.2, 0) is 17.3 Å². The normalized spacial score (nSPS) is 19.3. The number of hydrogen-bond acceptors (Lipinski definition) is 3. The number of hydrogen-bond donors (Lipinski definition) is 0. The molecule has 3 unspecified atom stereocenters. The number of carbonyl (C=O) groups is 1. The Bertz CT molecular complexity index is 1700. The van der Waals surface area contributed by atoms with Gasteiger partial charge >= 0.3 is 12.1 Å². The molecular weight excluding hydrogens is 609 g/mol. The largest absolute Gasteiger partial charge is 0.454 e. The van der Waals surface area contributed by atoms with Crippen molar-refractivity contribution in [1.29, 1.82) is 0 Å². The molecule has 6 rings (SSSR count). The van der Waals surface area contributed by atoms with E-state index >= 15 is 4.39 Å². The maximum absolute atomic E-state index is 17.1. The van der Waals surface area contributed by atoms with E-state index in [4.69, 9.17) is 21.3 Å². The van der Waals surface area contributed by atoms with Gasteiger partial charge in [0.1, 0.15) is 11.9 Å². The summed E-state index contributed by atoms with van der Waals surface area (Å²) < 4.78 is 77.5. The van der Waals surface area contributed by atoms with Crippen molar-refractivity contribution in [2.45, 2.75) is 69.8 Å². The van der Waals surface area contributed by atoms with Crippen LogP contribution in [0, 0.1) is 11.7 Å². The highest BCUT2D eigenvalue weighted by molar-refractivity contribution is 6.33. The number of carbonyl (C=O) groups excluding carboxylic acids is 1. The molecule has 1 heterocycles. The molecule has 234 valence electrons. The summed E-state index contributed by atoms with van der Waals surface area (Å²) in [7, 11) is 0. The van der Waals surface area contributed by atoms with Gasteiger partial charge in [0.15, 0.2) is 6.17 Å². The molecule has 0 N–H and O–H groups in total. The van der Waals surface area contributed by atoms with E-state index in [0.29, 0.717) is 40.9 Å². The molecule has 1 fully saturated rings. The summed E-state index contributed by atoms with van der Waals surface area (Å²) in [5.74, 6) is -1.10. The maximum Gasteiger partial charge on any atom is 0.416 e. The topological polar surface area (TPSA) is 39.2 Å². The first-order valence-corrected chi connectivity index (χ1v) is 15.5. The molecule has 0 aliphatic heterocycles. The molecule has 0 spiro atoms. The Morgan fingerprint density at radius 2 is 1.64 bits per heavy atom. The monoisotopic (exact) mass is 639 g/mol. The van der Waals surface area contributed by atoms with Gasteiger partial charge in [0.2, 0.25) is 0 Å². The molecule has 0 amide bonds. The number of ether oxygens (including phenoxy) is 1. The second-order valence-corrected chi connectivity index (χ2v) is 12.4. The van der Waals surface area contributed by atoms with Crippen LogP contribution in [0.15, 0.2) is 72.8 Å². The standard InChI is InChI=1S/C36H31ClF5NO2/c1-20-18-28-31(29(19-20)45-35(44)26-8-4-5-9-27(26)37)30(21-12-16-25(38)17-13-21)32(34(43-28)23-6-2-3-7-23)33(39)22-10-14-24(15-11-22)36(40,41)42/h4-5,8-17,20,23,29,33H,2-3,6-7,18-19H2,1H3. The molecule has 3 nitrogen and oxygen atoms in total. The molecule has 3 atom stereocenters. The zero-order valence-corrected chi connectivity index (χ0v) is 25.3. The van der Waals surface area contributed by atoms with Crippen molar-refractivity contribution in [3.8, 4) is 11.1 Å². The highest BCUT2D eigenvalue weighted by atomic mass is 35.5. The Labute approximate surface area is 263 Å². The number of esters is 1. The second-order valence-electron chi connectivity index (χ2n) is 12.0. The average molecular weight is 640 g/mol. The number of halogens is 6. The molecule has 0 bridgehead atoms. The fourth-order valence-corrected chi connectivity index (χ4v) is 6.92. The Kier molecular flexibility index (Phi) is 8.70. The molecule has 2 aliphatic carbocycles. The molecule has 9 heteroatoms. The summed E-state index contributed by atoms with van der Waals surface area (Å²) >= 11 is 6.31. The third kappa shape index (κ3) is 6.35. The molecule has 45 heavy (non-hydrogen) atoms. The van der Waals surface area contributed by atoms with E-state index in [9.17, 15) is 22.4 Å². The highest BCUT2D eigenvalue weighted by Gasteiger charge is 2.39. The molecule has 4 aromatic rings. The molecule has 2 aliphatic rings. The van der Waals surface area contributed by atoms with Crippen molar-refractivity contribution < 1.29 is 31.5 Å². The lowest BCUT2D eigenvalue weighted by molar-refractivity contribution is -0.137. The smallest absolute Gasteiger partial charge is 0.416 e. The van der Waals surface area contributed by atoms with Crippen LogP contribution in [0.4, 0.5) is 22.0 Å². The SMILES string of the molecule is CC1Cc2nc(C3CCCC3)c(C(F)c3ccc(C(F)(F)F)cc3)c(-c3ccc(F)cc3)c2C(OC(=O)c2ccccc2Cl)C1. The van der Waals surface area contributed by atoms with E-state index in [-0.39, 0.29) is 33.5 Å². The number of benzene rings is 3. The number of nitrogens with zero attached hydrogens (tertiary/aromatic N) is 1. The van der Waals surface area contributed by atoms with Gasteiger partial charge in [-0.15, -0.1) is 0 Å². The average Bonchev–Trinajstić information content (AvgIpc) is 3.55. The van der Waals surface area contributed by atoms with E-state index in [1.807, 2.05) is 6.92 Å². The van der Waals surface area contributed by atoms with Crippen molar-refractivity contribution in [2.75, 3.05) is 0 Å². The van der Waals surface area contributed by atoms with Gasteiger partial charge in [0.25, 0.3) is 0 Å². The van der Waals surface area contributed by atoms with Gasteiger partial charge < -0.3 is 4.74 Å². The first kappa shape index (κ1) is 31.2. The lowest BCUT2D eigenvalue weighted by atomic mass is 9.77. The molecule has 1 saturated carbocycles. The Morgan fingerprint density at radius 3 is 2.29 bits per heavy atom. The zero-order valence-electron chi connectivity index (χ0n) is 24.5. The lowest BCUT2D eigenvalue weighted by Gasteiger charge is -2.34. The van der Waals surface area contributed by atoms with Gasteiger partial charge in [-0.25, -0.2) is 13.6 Å². The Hall–Kier alpha value is -3.78. The summed E-state index contributed by atoms with van der Waals surface area (Å²) in [6, 6.07) is 16.2.